The van der Waals surface area contributed by atoms with E-state index < -0.39 is 49.6 Å². The van der Waals surface area contributed by atoms with Gasteiger partial charge in [-0.2, -0.15) is 13.2 Å². The highest BCUT2D eigenvalue weighted by Crippen LogP contribution is 2.40. The van der Waals surface area contributed by atoms with Crippen LogP contribution in [0.15, 0.2) is 0 Å². The van der Waals surface area contributed by atoms with E-state index in [1.807, 2.05) is 0 Å². The van der Waals surface area contributed by atoms with E-state index in [9.17, 15) is 22.8 Å². The van der Waals surface area contributed by atoms with E-state index in [2.05, 4.69) is 0 Å². The van der Waals surface area contributed by atoms with Crippen molar-refractivity contribution < 1.29 is 33.0 Å². The van der Waals surface area contributed by atoms with Gasteiger partial charge in [0, 0.05) is 6.54 Å². The highest BCUT2D eigenvalue weighted by molar-refractivity contribution is 5.89. The molecule has 1 amide bonds. The summed E-state index contributed by atoms with van der Waals surface area (Å²) in [7, 11) is 0. The number of aliphatic carboxylic acids is 1. The van der Waals surface area contributed by atoms with Crippen LogP contribution in [0.3, 0.4) is 0 Å². The van der Waals surface area contributed by atoms with E-state index >= 15 is 0 Å². The normalized spacial score (nSPS) is 23.3. The summed E-state index contributed by atoms with van der Waals surface area (Å²) >= 11 is 0. The van der Waals surface area contributed by atoms with Gasteiger partial charge in [0.25, 0.3) is 0 Å². The maximum atomic E-state index is 12.1. The summed E-state index contributed by atoms with van der Waals surface area (Å²) < 4.78 is 36.4. The zero-order valence-electron chi connectivity index (χ0n) is 8.78. The first-order valence-corrected chi connectivity index (χ1v) is 4.95. The van der Waals surface area contributed by atoms with Crippen LogP contribution in [0.5, 0.6) is 0 Å². The van der Waals surface area contributed by atoms with Gasteiger partial charge in [0.2, 0.25) is 5.91 Å². The summed E-state index contributed by atoms with van der Waals surface area (Å²) in [5.74, 6) is -3.82. The second-order valence-corrected chi connectivity index (χ2v) is 3.89. The van der Waals surface area contributed by atoms with Crippen molar-refractivity contribution in [3.05, 3.63) is 0 Å². The van der Waals surface area contributed by atoms with Crippen LogP contribution >= 0.6 is 0 Å². The molecule has 0 saturated heterocycles. The van der Waals surface area contributed by atoms with Crippen LogP contribution in [0, 0.1) is 11.8 Å². The first-order valence-electron chi connectivity index (χ1n) is 4.95. The van der Waals surface area contributed by atoms with Crippen molar-refractivity contribution in [2.75, 3.05) is 19.7 Å². The zero-order valence-corrected chi connectivity index (χ0v) is 8.78. The maximum absolute atomic E-state index is 12.1. The summed E-state index contributed by atoms with van der Waals surface area (Å²) in [6.07, 6.45) is -4.49. The third kappa shape index (κ3) is 3.88. The Kier molecular flexibility index (Phi) is 3.97. The lowest BCUT2D eigenvalue weighted by molar-refractivity contribution is -0.163. The molecule has 17 heavy (non-hydrogen) atoms. The number of carboxylic acids is 1. The molecule has 1 aliphatic carbocycles. The molecule has 98 valence electrons. The smallest absolute Gasteiger partial charge is 0.406 e. The fourth-order valence-electron chi connectivity index (χ4n) is 1.58. The quantitative estimate of drug-likeness (QED) is 0.729. The van der Waals surface area contributed by atoms with Crippen LogP contribution in [-0.2, 0) is 9.59 Å². The van der Waals surface area contributed by atoms with Crippen molar-refractivity contribution in [2.45, 2.75) is 12.6 Å². The number of hydrogen-bond acceptors (Lipinski definition) is 3. The fourth-order valence-corrected chi connectivity index (χ4v) is 1.58. The van der Waals surface area contributed by atoms with Crippen molar-refractivity contribution in [2.24, 2.45) is 11.8 Å². The average molecular weight is 255 g/mol. The van der Waals surface area contributed by atoms with E-state index in [1.54, 1.807) is 0 Å². The first kappa shape index (κ1) is 13.8. The Labute approximate surface area is 94.8 Å². The van der Waals surface area contributed by atoms with Crippen molar-refractivity contribution in [3.8, 4) is 0 Å². The lowest BCUT2D eigenvalue weighted by Gasteiger charge is -2.23. The number of carbonyl (C=O) groups excluding carboxylic acids is 1. The van der Waals surface area contributed by atoms with Gasteiger partial charge in [-0.1, -0.05) is 0 Å². The lowest BCUT2D eigenvalue weighted by Crippen LogP contribution is -2.41. The molecule has 0 aromatic rings. The fraction of sp³-hybridized carbons (Fsp3) is 0.778. The number of aliphatic hydroxyl groups excluding tert-OH is 1. The minimum Gasteiger partial charge on any atom is -0.481 e. The number of nitrogens with zero attached hydrogens (tertiary/aromatic N) is 1. The molecule has 1 fully saturated rings. The van der Waals surface area contributed by atoms with E-state index in [4.69, 9.17) is 10.2 Å². The number of halogens is 3. The van der Waals surface area contributed by atoms with Crippen LogP contribution < -0.4 is 0 Å². The van der Waals surface area contributed by atoms with Gasteiger partial charge in [0.1, 0.15) is 6.54 Å². The van der Waals surface area contributed by atoms with Crippen molar-refractivity contribution in [1.82, 2.24) is 4.90 Å². The van der Waals surface area contributed by atoms with E-state index in [1.165, 1.54) is 0 Å². The molecule has 0 radical (unpaired) electrons. The molecule has 1 aliphatic rings. The minimum absolute atomic E-state index is 0.0634. The lowest BCUT2D eigenvalue weighted by atomic mass is 10.2. The third-order valence-electron chi connectivity index (χ3n) is 2.48. The monoisotopic (exact) mass is 255 g/mol. The van der Waals surface area contributed by atoms with Crippen LogP contribution in [-0.4, -0.2) is 52.9 Å². The number of rotatable bonds is 5. The van der Waals surface area contributed by atoms with Crippen LogP contribution in [0.4, 0.5) is 13.2 Å². The van der Waals surface area contributed by atoms with Gasteiger partial charge in [-0.15, -0.1) is 0 Å². The second kappa shape index (κ2) is 4.91. The molecule has 0 heterocycles. The molecule has 5 nitrogen and oxygen atoms in total. The van der Waals surface area contributed by atoms with E-state index in [0.29, 0.717) is 4.90 Å². The molecule has 0 aromatic heterocycles. The molecule has 0 aromatic carbocycles. The second-order valence-electron chi connectivity index (χ2n) is 3.89. The number of hydrogen-bond donors (Lipinski definition) is 2. The summed E-state index contributed by atoms with van der Waals surface area (Å²) in [5, 5.41) is 17.2. The summed E-state index contributed by atoms with van der Waals surface area (Å²) in [6, 6.07) is 0. The predicted molar refractivity (Wildman–Crippen MR) is 49.0 cm³/mol. The summed E-state index contributed by atoms with van der Waals surface area (Å²) in [6.45, 7) is -2.50. The predicted octanol–water partition coefficient (Wildman–Crippen LogP) is 0.0903. The van der Waals surface area contributed by atoms with Gasteiger partial charge in [-0.05, 0) is 6.42 Å². The number of carbonyl (C=O) groups is 2. The highest BCUT2D eigenvalue weighted by atomic mass is 19.4. The van der Waals surface area contributed by atoms with Crippen molar-refractivity contribution in [3.63, 3.8) is 0 Å². The Morgan fingerprint density at radius 3 is 2.24 bits per heavy atom. The molecule has 1 saturated carbocycles. The third-order valence-corrected chi connectivity index (χ3v) is 2.48. The van der Waals surface area contributed by atoms with Crippen LogP contribution in [0.25, 0.3) is 0 Å². The Hall–Kier alpha value is -1.31. The number of carboxylic acid groups (broad SMARTS) is 1. The zero-order chi connectivity index (χ0) is 13.2. The summed E-state index contributed by atoms with van der Waals surface area (Å²) in [4.78, 5) is 22.5. The van der Waals surface area contributed by atoms with Gasteiger partial charge >= 0.3 is 12.1 Å². The number of alkyl halides is 3. The Morgan fingerprint density at radius 1 is 1.29 bits per heavy atom. The minimum atomic E-state index is -4.56. The molecule has 0 aliphatic heterocycles. The Morgan fingerprint density at radius 2 is 1.88 bits per heavy atom. The number of aliphatic hydroxyl groups is 1. The largest absolute Gasteiger partial charge is 0.481 e. The summed E-state index contributed by atoms with van der Waals surface area (Å²) in [5.41, 5.74) is 0. The highest BCUT2D eigenvalue weighted by Gasteiger charge is 2.50. The molecule has 2 atom stereocenters. The maximum Gasteiger partial charge on any atom is 0.406 e. The van der Waals surface area contributed by atoms with Crippen molar-refractivity contribution in [1.29, 1.82) is 0 Å². The molecule has 0 bridgehead atoms. The Bertz CT molecular complexity index is 318. The molecule has 8 heteroatoms. The molecular weight excluding hydrogens is 243 g/mol. The van der Waals surface area contributed by atoms with Gasteiger partial charge in [0.15, 0.2) is 0 Å². The van der Waals surface area contributed by atoms with Gasteiger partial charge in [-0.25, -0.2) is 0 Å². The molecule has 0 spiro atoms. The standard InChI is InChI=1S/C9H12F3NO4/c10-9(11,12)4-13(1-2-14)7(15)5-3-6(5)8(16)17/h5-6,14H,1-4H2,(H,16,17)/t5-,6+/m1/s1. The topological polar surface area (TPSA) is 77.8 Å². The first-order chi connectivity index (χ1) is 7.76. The van der Waals surface area contributed by atoms with E-state index in [-0.39, 0.29) is 6.42 Å². The molecule has 0 unspecified atom stereocenters. The van der Waals surface area contributed by atoms with Gasteiger partial charge < -0.3 is 15.1 Å². The van der Waals surface area contributed by atoms with Gasteiger partial charge in [0.05, 0.1) is 18.4 Å². The molecule has 1 rings (SSSR count). The molecule has 2 N–H and O–H groups in total. The van der Waals surface area contributed by atoms with Crippen LogP contribution in [0.1, 0.15) is 6.42 Å². The van der Waals surface area contributed by atoms with Crippen LogP contribution in [0.2, 0.25) is 0 Å². The van der Waals surface area contributed by atoms with E-state index in [0.717, 1.165) is 0 Å². The van der Waals surface area contributed by atoms with Crippen molar-refractivity contribution >= 4 is 11.9 Å². The SMILES string of the molecule is O=C(O)[C@H]1C[C@H]1C(=O)N(CCO)CC(F)(F)F. The van der Waals surface area contributed by atoms with Gasteiger partial charge in [-0.3, -0.25) is 9.59 Å². The Balaban J connectivity index is 2.59. The molecular formula is C9H12F3NO4. The number of amides is 1. The average Bonchev–Trinajstić information content (AvgIpc) is 2.93.